The molecule has 11 heteroatoms. The number of nitrogens with one attached hydrogen (secondary N) is 1. The van der Waals surface area contributed by atoms with Gasteiger partial charge in [0.2, 0.25) is 6.35 Å². The summed E-state index contributed by atoms with van der Waals surface area (Å²) in [4.78, 5) is 44.3. The molecule has 2 fully saturated rings. The van der Waals surface area contributed by atoms with E-state index in [1.54, 1.807) is 12.1 Å². The third-order valence-corrected chi connectivity index (χ3v) is 4.12. The molecule has 1 aromatic heterocycles. The lowest BCUT2D eigenvalue weighted by molar-refractivity contribution is -0.428. The molecule has 10 nitrogen and oxygen atoms in total. The smallest absolute Gasteiger partial charge is 0.360 e. The molecule has 3 rings (SSSR count). The number of carbonyl (C=O) groups excluding carboxylic acids is 2. The fourth-order valence-corrected chi connectivity index (χ4v) is 2.70. The third-order valence-electron chi connectivity index (χ3n) is 3.65. The molecule has 0 aromatic carbocycles. The molecule has 25 heavy (non-hydrogen) atoms. The molecule has 1 N–H and O–H groups in total. The van der Waals surface area contributed by atoms with Gasteiger partial charge in [0.25, 0.3) is 5.70 Å². The highest BCUT2D eigenvalue weighted by Crippen LogP contribution is 2.22. The average Bonchev–Trinajstić information content (AvgIpc) is 2.97. The Balaban J connectivity index is 1.93. The fourth-order valence-electron chi connectivity index (χ4n) is 2.46. The number of nitrogens with zero attached hydrogens (tertiary/aromatic N) is 3. The highest BCUT2D eigenvalue weighted by molar-refractivity contribution is 9.10. The molecule has 0 amide bonds. The summed E-state index contributed by atoms with van der Waals surface area (Å²) >= 11 is 3.18. The van der Waals surface area contributed by atoms with Crippen molar-refractivity contribution in [3.63, 3.8) is 0 Å². The summed E-state index contributed by atoms with van der Waals surface area (Å²) in [7, 11) is 0. The van der Waals surface area contributed by atoms with Gasteiger partial charge in [0.1, 0.15) is 10.2 Å². The minimum absolute atomic E-state index is 0.174. The van der Waals surface area contributed by atoms with Crippen molar-refractivity contribution >= 4 is 27.9 Å². The van der Waals surface area contributed by atoms with Crippen molar-refractivity contribution in [2.24, 2.45) is 0 Å². The Kier molecular flexibility index (Phi) is 5.06. The number of hydrogen-bond donors (Lipinski definition) is 1. The van der Waals surface area contributed by atoms with Gasteiger partial charge in [-0.3, -0.25) is 20.2 Å². The van der Waals surface area contributed by atoms with Gasteiger partial charge in [-0.25, -0.2) is 9.78 Å². The molecular formula is C14H13BrN4O6. The Bertz CT molecular complexity index is 750. The largest absolute Gasteiger partial charge is 0.429 e. The highest BCUT2D eigenvalue weighted by Gasteiger charge is 2.38. The number of rotatable bonds is 3. The quantitative estimate of drug-likeness (QED) is 0.248. The van der Waals surface area contributed by atoms with Crippen LogP contribution in [0.5, 0.6) is 0 Å². The number of allylic oxidation sites excluding steroid dienone is 1. The van der Waals surface area contributed by atoms with Crippen molar-refractivity contribution in [3.8, 4) is 0 Å². The molecule has 1 unspecified atom stereocenters. The molecule has 0 aliphatic carbocycles. The number of halogens is 1. The van der Waals surface area contributed by atoms with E-state index in [-0.39, 0.29) is 12.0 Å². The first kappa shape index (κ1) is 17.5. The Hall–Kier alpha value is -2.37. The molecular weight excluding hydrogens is 400 g/mol. The lowest BCUT2D eigenvalue weighted by Crippen LogP contribution is -2.43. The van der Waals surface area contributed by atoms with Crippen molar-refractivity contribution in [2.45, 2.75) is 19.2 Å². The van der Waals surface area contributed by atoms with Gasteiger partial charge in [0, 0.05) is 12.7 Å². The van der Waals surface area contributed by atoms with E-state index >= 15 is 0 Å². The number of aromatic nitrogens is 1. The minimum atomic E-state index is -0.929. The Morgan fingerprint density at radius 3 is 2.96 bits per heavy atom. The van der Waals surface area contributed by atoms with Gasteiger partial charge in [-0.15, -0.1) is 0 Å². The highest BCUT2D eigenvalue weighted by atomic mass is 79.9. The van der Waals surface area contributed by atoms with Gasteiger partial charge in [-0.05, 0) is 27.6 Å². The maximum atomic E-state index is 12.4. The van der Waals surface area contributed by atoms with E-state index in [2.05, 4.69) is 26.2 Å². The van der Waals surface area contributed by atoms with Gasteiger partial charge in [-0.1, -0.05) is 11.1 Å². The molecule has 2 aliphatic rings. The van der Waals surface area contributed by atoms with E-state index in [1.165, 1.54) is 6.20 Å². The van der Waals surface area contributed by atoms with Gasteiger partial charge >= 0.3 is 11.9 Å². The summed E-state index contributed by atoms with van der Waals surface area (Å²) in [5.74, 6) is -1.67. The number of carbonyl (C=O) groups is 2. The molecule has 2 saturated heterocycles. The van der Waals surface area contributed by atoms with E-state index in [4.69, 9.17) is 9.57 Å². The topological polar surface area (TPSA) is 124 Å². The normalized spacial score (nSPS) is 23.2. The predicted molar refractivity (Wildman–Crippen MR) is 85.0 cm³/mol. The standard InChI is InChI=1S/C14H13BrN4O6/c15-11-2-1-8(7-17-11)5-10(19(22)23)9-6-12(20)24-14-16-3-4-18(14)25-13(9)21/h1-2,7,14,16H,3-6H2/b10-9+. The molecule has 0 radical (unpaired) electrons. The van der Waals surface area contributed by atoms with E-state index < -0.39 is 35.3 Å². The summed E-state index contributed by atoms with van der Waals surface area (Å²) in [6.45, 7) is 0.762. The maximum absolute atomic E-state index is 12.4. The van der Waals surface area contributed by atoms with Gasteiger partial charge in [-0.2, -0.15) is 0 Å². The van der Waals surface area contributed by atoms with E-state index in [9.17, 15) is 19.7 Å². The second-order valence-corrected chi connectivity index (χ2v) is 6.15. The van der Waals surface area contributed by atoms with Crippen molar-refractivity contribution in [2.75, 3.05) is 13.1 Å². The molecule has 132 valence electrons. The van der Waals surface area contributed by atoms with Gasteiger partial charge < -0.3 is 9.57 Å². The van der Waals surface area contributed by atoms with E-state index in [1.807, 2.05) is 0 Å². The number of pyridine rings is 1. The number of hydroxylamine groups is 2. The van der Waals surface area contributed by atoms with Crippen LogP contribution < -0.4 is 5.32 Å². The molecule has 3 heterocycles. The molecule has 2 aliphatic heterocycles. The summed E-state index contributed by atoms with van der Waals surface area (Å²) in [5, 5.41) is 15.5. The second kappa shape index (κ2) is 7.25. The van der Waals surface area contributed by atoms with Crippen LogP contribution in [0.15, 0.2) is 34.2 Å². The first-order valence-corrected chi connectivity index (χ1v) is 8.12. The Morgan fingerprint density at radius 2 is 2.28 bits per heavy atom. The molecule has 1 aromatic rings. The van der Waals surface area contributed by atoms with Crippen LogP contribution in [0.4, 0.5) is 0 Å². The van der Waals surface area contributed by atoms with Crippen molar-refractivity contribution in [3.05, 3.63) is 49.9 Å². The summed E-state index contributed by atoms with van der Waals surface area (Å²) < 4.78 is 5.69. The van der Waals surface area contributed by atoms with Gasteiger partial charge in [0.05, 0.1) is 24.3 Å². The fraction of sp³-hybridized carbons (Fsp3) is 0.357. The van der Waals surface area contributed by atoms with Crippen LogP contribution in [0.3, 0.4) is 0 Å². The van der Waals surface area contributed by atoms with Crippen LogP contribution >= 0.6 is 15.9 Å². The lowest BCUT2D eigenvalue weighted by Gasteiger charge is -2.25. The lowest BCUT2D eigenvalue weighted by atomic mass is 10.0. The zero-order valence-corrected chi connectivity index (χ0v) is 14.4. The Labute approximate surface area is 150 Å². The Morgan fingerprint density at radius 1 is 1.48 bits per heavy atom. The summed E-state index contributed by atoms with van der Waals surface area (Å²) in [5.41, 5.74) is -0.230. The van der Waals surface area contributed by atoms with E-state index in [0.29, 0.717) is 23.3 Å². The van der Waals surface area contributed by atoms with Crippen LogP contribution in [0, 0.1) is 10.1 Å². The van der Waals surface area contributed by atoms with Crippen LogP contribution in [-0.4, -0.2) is 46.4 Å². The van der Waals surface area contributed by atoms with E-state index in [0.717, 1.165) is 5.06 Å². The first-order valence-electron chi connectivity index (χ1n) is 7.32. The third kappa shape index (κ3) is 4.00. The monoisotopic (exact) mass is 412 g/mol. The van der Waals surface area contributed by atoms with Crippen molar-refractivity contribution in [1.82, 2.24) is 15.4 Å². The predicted octanol–water partition coefficient (Wildman–Crippen LogP) is 0.511. The number of esters is 1. The summed E-state index contributed by atoms with van der Waals surface area (Å²) in [6.07, 6.45) is -0.133. The number of hydrogen-bond acceptors (Lipinski definition) is 9. The van der Waals surface area contributed by atoms with Crippen LogP contribution in [-0.2, 0) is 25.6 Å². The second-order valence-electron chi connectivity index (χ2n) is 5.34. The number of fused-ring (bicyclic) bond motifs is 1. The van der Waals surface area contributed by atoms with Crippen LogP contribution in [0.1, 0.15) is 12.0 Å². The van der Waals surface area contributed by atoms with Crippen molar-refractivity contribution in [1.29, 1.82) is 0 Å². The molecule has 0 saturated carbocycles. The minimum Gasteiger partial charge on any atom is -0.429 e. The van der Waals surface area contributed by atoms with Crippen LogP contribution in [0.2, 0.25) is 0 Å². The molecule has 0 spiro atoms. The van der Waals surface area contributed by atoms with Crippen molar-refractivity contribution < 1.29 is 24.1 Å². The van der Waals surface area contributed by atoms with Crippen LogP contribution in [0.25, 0.3) is 0 Å². The zero-order chi connectivity index (χ0) is 18.0. The number of nitro groups is 1. The zero-order valence-electron chi connectivity index (χ0n) is 12.8. The maximum Gasteiger partial charge on any atom is 0.360 e. The average molecular weight is 413 g/mol. The molecule has 1 atom stereocenters. The summed E-state index contributed by atoms with van der Waals surface area (Å²) in [6, 6.07) is 3.26. The van der Waals surface area contributed by atoms with Gasteiger partial charge in [0.15, 0.2) is 0 Å². The SMILES string of the molecule is O=C1C/C(=C(/Cc2ccc(Br)nc2)[N+](=O)[O-])C(=O)ON2CCNC2O1. The number of ether oxygens (including phenoxy) is 1. The molecule has 0 bridgehead atoms. The first-order chi connectivity index (χ1) is 11.9.